The Morgan fingerprint density at radius 3 is 2.39 bits per heavy atom. The molecule has 2 saturated heterocycles. The second-order valence-electron chi connectivity index (χ2n) is 8.99. The number of aliphatic hydroxyl groups is 1. The number of pyridine rings is 1. The lowest BCUT2D eigenvalue weighted by molar-refractivity contribution is -0.119. The van der Waals surface area contributed by atoms with Crippen LogP contribution in [0.3, 0.4) is 0 Å². The Bertz CT molecular complexity index is 866. The second kappa shape index (κ2) is 11.2. The highest BCUT2D eigenvalue weighted by Crippen LogP contribution is 2.33. The molecule has 4 rings (SSSR count). The molecule has 1 amide bonds. The fourth-order valence-electron chi connectivity index (χ4n) is 5.24. The number of amides is 1. The van der Waals surface area contributed by atoms with Crippen LogP contribution in [0.5, 0.6) is 0 Å². The Balaban J connectivity index is 1.51. The summed E-state index contributed by atoms with van der Waals surface area (Å²) in [6, 6.07) is 16.0. The van der Waals surface area contributed by atoms with Crippen molar-refractivity contribution in [1.29, 1.82) is 0 Å². The van der Waals surface area contributed by atoms with Crippen LogP contribution in [-0.2, 0) is 9.53 Å². The van der Waals surface area contributed by atoms with Crippen LogP contribution in [0, 0.1) is 0 Å². The van der Waals surface area contributed by atoms with Crippen molar-refractivity contribution in [3.63, 3.8) is 0 Å². The second-order valence-corrected chi connectivity index (χ2v) is 8.99. The first-order chi connectivity index (χ1) is 16.2. The fourth-order valence-corrected chi connectivity index (χ4v) is 5.24. The number of carbonyl (C=O) groups is 1. The first-order valence-electron chi connectivity index (χ1n) is 12.1. The van der Waals surface area contributed by atoms with Gasteiger partial charge in [-0.05, 0) is 30.5 Å². The molecule has 7 heteroatoms. The number of hydrogen-bond donors (Lipinski definition) is 1. The number of carbonyl (C=O) groups excluding carboxylic acids is 1. The Morgan fingerprint density at radius 1 is 1.09 bits per heavy atom. The maximum absolute atomic E-state index is 12.9. The van der Waals surface area contributed by atoms with Gasteiger partial charge in [0.05, 0.1) is 12.6 Å². The molecule has 1 unspecified atom stereocenters. The molecule has 7 nitrogen and oxygen atoms in total. The molecule has 0 aliphatic carbocycles. The summed E-state index contributed by atoms with van der Waals surface area (Å²) in [6.07, 6.45) is 4.00. The third-order valence-corrected chi connectivity index (χ3v) is 7.19. The molecule has 1 N–H and O–H groups in total. The summed E-state index contributed by atoms with van der Waals surface area (Å²) in [7, 11) is 0. The first kappa shape index (κ1) is 23.8. The van der Waals surface area contributed by atoms with Crippen molar-refractivity contribution in [2.45, 2.75) is 37.8 Å². The van der Waals surface area contributed by atoms with Gasteiger partial charge in [0.25, 0.3) is 0 Å². The first-order valence-corrected chi connectivity index (χ1v) is 12.1. The summed E-state index contributed by atoms with van der Waals surface area (Å²) in [5, 5.41) is 10.1. The van der Waals surface area contributed by atoms with E-state index in [0.29, 0.717) is 26.2 Å². The molecule has 0 spiro atoms. The average Bonchev–Trinajstić information content (AvgIpc) is 2.89. The Labute approximate surface area is 197 Å². The van der Waals surface area contributed by atoms with Crippen molar-refractivity contribution >= 4 is 11.7 Å². The Morgan fingerprint density at radius 2 is 1.79 bits per heavy atom. The molecule has 3 heterocycles. The van der Waals surface area contributed by atoms with E-state index in [0.717, 1.165) is 50.4 Å². The molecule has 1 atom stereocenters. The molecule has 2 aromatic rings. The van der Waals surface area contributed by atoms with Crippen LogP contribution in [0.15, 0.2) is 54.7 Å². The van der Waals surface area contributed by atoms with Crippen molar-refractivity contribution in [2.75, 3.05) is 57.4 Å². The molecule has 2 aliphatic heterocycles. The van der Waals surface area contributed by atoms with Crippen molar-refractivity contribution in [3.05, 3.63) is 60.3 Å². The van der Waals surface area contributed by atoms with Crippen LogP contribution in [0.2, 0.25) is 0 Å². The van der Waals surface area contributed by atoms with Gasteiger partial charge in [0.2, 0.25) is 5.91 Å². The van der Waals surface area contributed by atoms with Crippen molar-refractivity contribution in [3.8, 4) is 0 Å². The lowest BCUT2D eigenvalue weighted by Crippen LogP contribution is -2.64. The number of rotatable bonds is 8. The SMILES string of the molecule is CCC(=O)N(CC1(N2CCN(C(CO)c3ccccc3)CC2)CCOCC1)c1ccccn1. The van der Waals surface area contributed by atoms with Gasteiger partial charge in [-0.25, -0.2) is 4.98 Å². The van der Waals surface area contributed by atoms with Crippen LogP contribution in [0.4, 0.5) is 5.82 Å². The Kier molecular flexibility index (Phi) is 8.09. The predicted octanol–water partition coefficient (Wildman–Crippen LogP) is 2.73. The predicted molar refractivity (Wildman–Crippen MR) is 129 cm³/mol. The summed E-state index contributed by atoms with van der Waals surface area (Å²) in [6.45, 7) is 7.64. The minimum Gasteiger partial charge on any atom is -0.394 e. The molecule has 0 bridgehead atoms. The summed E-state index contributed by atoms with van der Waals surface area (Å²) in [5.41, 5.74) is 1.03. The van der Waals surface area contributed by atoms with Gasteiger partial charge in [-0.2, -0.15) is 0 Å². The van der Waals surface area contributed by atoms with Gasteiger partial charge in [-0.3, -0.25) is 19.5 Å². The topological polar surface area (TPSA) is 69.1 Å². The van der Waals surface area contributed by atoms with E-state index >= 15 is 0 Å². The molecule has 1 aromatic heterocycles. The number of benzene rings is 1. The van der Waals surface area contributed by atoms with Gasteiger partial charge < -0.3 is 9.84 Å². The zero-order chi connectivity index (χ0) is 23.1. The van der Waals surface area contributed by atoms with Crippen LogP contribution < -0.4 is 4.90 Å². The molecule has 0 saturated carbocycles. The third-order valence-electron chi connectivity index (χ3n) is 7.19. The molecular formula is C26H36N4O3. The smallest absolute Gasteiger partial charge is 0.227 e. The van der Waals surface area contributed by atoms with Gasteiger partial charge in [0.1, 0.15) is 5.82 Å². The molecule has 0 radical (unpaired) electrons. The Hall–Kier alpha value is -2.32. The molecule has 33 heavy (non-hydrogen) atoms. The number of ether oxygens (including phenoxy) is 1. The van der Waals surface area contributed by atoms with Crippen LogP contribution >= 0.6 is 0 Å². The van der Waals surface area contributed by atoms with E-state index in [-0.39, 0.29) is 24.1 Å². The number of anilines is 1. The minimum atomic E-state index is -0.131. The number of piperazine rings is 1. The summed E-state index contributed by atoms with van der Waals surface area (Å²) < 4.78 is 5.74. The monoisotopic (exact) mass is 452 g/mol. The largest absolute Gasteiger partial charge is 0.394 e. The van der Waals surface area contributed by atoms with E-state index < -0.39 is 0 Å². The highest BCUT2D eigenvalue weighted by atomic mass is 16.5. The van der Waals surface area contributed by atoms with Crippen LogP contribution in [0.1, 0.15) is 37.8 Å². The lowest BCUT2D eigenvalue weighted by Gasteiger charge is -2.51. The number of aromatic nitrogens is 1. The molecule has 1 aromatic carbocycles. The minimum absolute atomic E-state index is 0.0191. The van der Waals surface area contributed by atoms with Gasteiger partial charge in [-0.15, -0.1) is 0 Å². The normalized spacial score (nSPS) is 20.3. The van der Waals surface area contributed by atoms with E-state index in [2.05, 4.69) is 26.9 Å². The zero-order valence-electron chi connectivity index (χ0n) is 19.6. The highest BCUT2D eigenvalue weighted by molar-refractivity contribution is 5.92. The number of aliphatic hydroxyl groups excluding tert-OH is 1. The fraction of sp³-hybridized carbons (Fsp3) is 0.538. The van der Waals surface area contributed by atoms with Gasteiger partial charge >= 0.3 is 0 Å². The summed E-state index contributed by atoms with van der Waals surface area (Å²) in [5.74, 6) is 0.820. The van der Waals surface area contributed by atoms with E-state index in [4.69, 9.17) is 4.74 Å². The quantitative estimate of drug-likeness (QED) is 0.664. The molecular weight excluding hydrogens is 416 g/mol. The number of hydrogen-bond acceptors (Lipinski definition) is 6. The lowest BCUT2D eigenvalue weighted by atomic mass is 9.86. The van der Waals surface area contributed by atoms with Gasteiger partial charge in [-0.1, -0.05) is 43.3 Å². The average molecular weight is 453 g/mol. The third kappa shape index (κ3) is 5.44. The maximum atomic E-state index is 12.9. The van der Waals surface area contributed by atoms with Crippen molar-refractivity contribution in [2.24, 2.45) is 0 Å². The van der Waals surface area contributed by atoms with E-state index in [1.165, 1.54) is 0 Å². The maximum Gasteiger partial charge on any atom is 0.227 e. The number of nitrogens with zero attached hydrogens (tertiary/aromatic N) is 4. The standard InChI is InChI=1S/C26H36N4O3/c1-2-25(32)30(24-10-6-7-13-27-24)21-26(11-18-33-19-12-26)29-16-14-28(15-17-29)23(20-31)22-8-4-3-5-9-22/h3-10,13,23,31H,2,11-12,14-21H2,1H3. The van der Waals surface area contributed by atoms with E-state index in [1.807, 2.05) is 48.2 Å². The molecule has 2 fully saturated rings. The van der Waals surface area contributed by atoms with Gasteiger partial charge in [0.15, 0.2) is 0 Å². The van der Waals surface area contributed by atoms with Crippen molar-refractivity contribution < 1.29 is 14.6 Å². The molecule has 178 valence electrons. The summed E-state index contributed by atoms with van der Waals surface area (Å²) >= 11 is 0. The van der Waals surface area contributed by atoms with Crippen LogP contribution in [0.25, 0.3) is 0 Å². The van der Waals surface area contributed by atoms with E-state index in [9.17, 15) is 9.90 Å². The zero-order valence-corrected chi connectivity index (χ0v) is 19.6. The molecule has 2 aliphatic rings. The summed E-state index contributed by atoms with van der Waals surface area (Å²) in [4.78, 5) is 24.3. The highest BCUT2D eigenvalue weighted by Gasteiger charge is 2.43. The van der Waals surface area contributed by atoms with E-state index in [1.54, 1.807) is 6.20 Å². The van der Waals surface area contributed by atoms with Gasteiger partial charge in [0, 0.05) is 64.1 Å². The van der Waals surface area contributed by atoms with Crippen LogP contribution in [-0.4, -0.2) is 83.9 Å². The van der Waals surface area contributed by atoms with Crippen molar-refractivity contribution in [1.82, 2.24) is 14.8 Å².